The van der Waals surface area contributed by atoms with Crippen molar-refractivity contribution in [1.29, 1.82) is 0 Å². The number of anilines is 1. The van der Waals surface area contributed by atoms with Crippen LogP contribution in [0.5, 0.6) is 0 Å². The Hall–Kier alpha value is -1.67. The summed E-state index contributed by atoms with van der Waals surface area (Å²) in [7, 11) is 1.93. The van der Waals surface area contributed by atoms with E-state index in [9.17, 15) is 4.79 Å². The number of amides is 1. The Morgan fingerprint density at radius 1 is 1.43 bits per heavy atom. The van der Waals surface area contributed by atoms with Gasteiger partial charge >= 0.3 is 0 Å². The number of hydrogen-bond donors (Lipinski definition) is 2. The minimum absolute atomic E-state index is 0.0731. The van der Waals surface area contributed by atoms with Crippen LogP contribution >= 0.6 is 11.3 Å². The maximum atomic E-state index is 11.2. The van der Waals surface area contributed by atoms with Gasteiger partial charge in [-0.2, -0.15) is 5.10 Å². The van der Waals surface area contributed by atoms with Crippen LogP contribution in [0.2, 0.25) is 0 Å². The number of carbonyl (C=O) groups excluding carboxylic acids is 1. The summed E-state index contributed by atoms with van der Waals surface area (Å²) in [6.07, 6.45) is 2.86. The summed E-state index contributed by atoms with van der Waals surface area (Å²) in [5, 5.41) is 8.73. The van der Waals surface area contributed by atoms with Crippen molar-refractivity contribution in [1.82, 2.24) is 19.7 Å². The van der Waals surface area contributed by atoms with E-state index in [0.29, 0.717) is 0 Å². The first-order valence-electron chi connectivity index (χ1n) is 8.10. The Morgan fingerprint density at radius 2 is 2.17 bits per heavy atom. The zero-order valence-corrected chi connectivity index (χ0v) is 14.5. The van der Waals surface area contributed by atoms with Gasteiger partial charge in [0.05, 0.1) is 10.4 Å². The molecule has 3 heterocycles. The molecule has 8 heteroatoms. The highest BCUT2D eigenvalue weighted by Crippen LogP contribution is 2.27. The van der Waals surface area contributed by atoms with Crippen LogP contribution in [-0.2, 0) is 11.8 Å². The third-order valence-corrected chi connectivity index (χ3v) is 5.57. The number of rotatable bonds is 6. The number of aryl methyl sites for hydroxylation is 2. The normalized spacial score (nSPS) is 17.0. The predicted octanol–water partition coefficient (Wildman–Crippen LogP) is 1.34. The number of piperidine rings is 1. The maximum absolute atomic E-state index is 11.2. The van der Waals surface area contributed by atoms with Crippen LogP contribution in [0.15, 0.2) is 0 Å². The van der Waals surface area contributed by atoms with Crippen molar-refractivity contribution in [2.24, 2.45) is 18.7 Å². The summed E-state index contributed by atoms with van der Waals surface area (Å²) in [6, 6.07) is 0. The summed E-state index contributed by atoms with van der Waals surface area (Å²) in [5.74, 6) is -0.0732. The zero-order valence-electron chi connectivity index (χ0n) is 13.7. The summed E-state index contributed by atoms with van der Waals surface area (Å²) < 4.78 is 2.98. The lowest BCUT2D eigenvalue weighted by Crippen LogP contribution is -2.39. The van der Waals surface area contributed by atoms with Gasteiger partial charge in [-0.05, 0) is 45.8 Å². The van der Waals surface area contributed by atoms with Crippen LogP contribution in [0.25, 0.3) is 10.3 Å². The average molecular weight is 336 g/mol. The second-order valence-corrected chi connectivity index (χ2v) is 7.18. The fraction of sp³-hybridized carbons (Fsp3) is 0.667. The number of nitrogens with one attached hydrogen (secondary N) is 1. The predicted molar refractivity (Wildman–Crippen MR) is 92.6 cm³/mol. The van der Waals surface area contributed by atoms with Gasteiger partial charge in [0, 0.05) is 19.5 Å². The molecule has 1 aliphatic heterocycles. The lowest BCUT2D eigenvalue weighted by molar-refractivity contribution is -0.123. The van der Waals surface area contributed by atoms with Crippen LogP contribution < -0.4 is 11.1 Å². The van der Waals surface area contributed by atoms with Crippen LogP contribution in [0.3, 0.4) is 0 Å². The van der Waals surface area contributed by atoms with E-state index in [4.69, 9.17) is 5.73 Å². The van der Waals surface area contributed by atoms with Crippen molar-refractivity contribution < 1.29 is 4.79 Å². The molecule has 1 amide bonds. The molecule has 126 valence electrons. The Balaban J connectivity index is 1.41. The van der Waals surface area contributed by atoms with Crippen LogP contribution in [-0.4, -0.2) is 51.8 Å². The number of nitrogens with zero attached hydrogens (tertiary/aromatic N) is 4. The molecule has 3 rings (SSSR count). The van der Waals surface area contributed by atoms with Gasteiger partial charge in [-0.15, -0.1) is 0 Å². The second kappa shape index (κ2) is 6.84. The Bertz CT molecular complexity index is 651. The fourth-order valence-electron chi connectivity index (χ4n) is 3.10. The van der Waals surface area contributed by atoms with Crippen LogP contribution in [0, 0.1) is 12.8 Å². The molecule has 0 atom stereocenters. The van der Waals surface area contributed by atoms with Crippen LogP contribution in [0.1, 0.15) is 25.0 Å². The molecule has 1 aliphatic rings. The molecule has 0 saturated carbocycles. The summed E-state index contributed by atoms with van der Waals surface area (Å²) >= 11 is 1.66. The average Bonchev–Trinajstić information content (AvgIpc) is 3.06. The molecule has 7 nitrogen and oxygen atoms in total. The third-order valence-electron chi connectivity index (χ3n) is 4.46. The molecule has 0 spiro atoms. The molecule has 0 unspecified atom stereocenters. The SMILES string of the molecule is Cc1nn(C)c2nc(NCCCN3CCC(C(N)=O)CC3)sc12. The molecular formula is C15H24N6OS. The minimum Gasteiger partial charge on any atom is -0.369 e. The summed E-state index contributed by atoms with van der Waals surface area (Å²) in [4.78, 5) is 18.2. The topological polar surface area (TPSA) is 89.1 Å². The Labute approximate surface area is 139 Å². The van der Waals surface area contributed by atoms with E-state index < -0.39 is 0 Å². The number of nitrogens with two attached hydrogens (primary N) is 1. The Kier molecular flexibility index (Phi) is 4.82. The van der Waals surface area contributed by atoms with Gasteiger partial charge in [-0.1, -0.05) is 11.3 Å². The molecule has 0 radical (unpaired) electrons. The summed E-state index contributed by atoms with van der Waals surface area (Å²) in [6.45, 7) is 5.91. The smallest absolute Gasteiger partial charge is 0.220 e. The molecule has 1 saturated heterocycles. The number of fused-ring (bicyclic) bond motifs is 1. The van der Waals surface area contributed by atoms with Crippen molar-refractivity contribution in [2.45, 2.75) is 26.2 Å². The van der Waals surface area contributed by atoms with Crippen molar-refractivity contribution in [3.8, 4) is 0 Å². The van der Waals surface area contributed by atoms with Gasteiger partial charge < -0.3 is 16.0 Å². The van der Waals surface area contributed by atoms with Crippen molar-refractivity contribution in [3.63, 3.8) is 0 Å². The van der Waals surface area contributed by atoms with E-state index in [-0.39, 0.29) is 11.8 Å². The number of aromatic nitrogens is 3. The zero-order chi connectivity index (χ0) is 16.4. The standard InChI is InChI=1S/C15H24N6OS/c1-10-12-14(20(2)19-10)18-15(23-12)17-6-3-7-21-8-4-11(5-9-21)13(16)22/h11H,3-9H2,1-2H3,(H2,16,22)(H,17,18). The van der Waals surface area contributed by atoms with E-state index in [0.717, 1.165) is 66.6 Å². The van der Waals surface area contributed by atoms with Crippen molar-refractivity contribution in [3.05, 3.63) is 5.69 Å². The van der Waals surface area contributed by atoms with Gasteiger partial charge in [0.15, 0.2) is 10.8 Å². The first-order valence-corrected chi connectivity index (χ1v) is 8.92. The number of thiazole rings is 1. The second-order valence-electron chi connectivity index (χ2n) is 6.18. The van der Waals surface area contributed by atoms with Gasteiger partial charge in [0.1, 0.15) is 0 Å². The van der Waals surface area contributed by atoms with Gasteiger partial charge in [0.2, 0.25) is 5.91 Å². The molecule has 0 bridgehead atoms. The van der Waals surface area contributed by atoms with Crippen LogP contribution in [0.4, 0.5) is 5.13 Å². The highest BCUT2D eigenvalue weighted by molar-refractivity contribution is 7.22. The maximum Gasteiger partial charge on any atom is 0.220 e. The monoisotopic (exact) mass is 336 g/mol. The molecule has 23 heavy (non-hydrogen) atoms. The quantitative estimate of drug-likeness (QED) is 0.777. The number of primary amides is 1. The third kappa shape index (κ3) is 3.64. The minimum atomic E-state index is -0.146. The van der Waals surface area contributed by atoms with Crippen molar-refractivity contribution >= 4 is 32.7 Å². The number of likely N-dealkylation sites (tertiary alicyclic amines) is 1. The molecule has 0 aromatic carbocycles. The van der Waals surface area contributed by atoms with Gasteiger partial charge in [-0.25, -0.2) is 9.67 Å². The molecule has 0 aliphatic carbocycles. The molecule has 3 N–H and O–H groups in total. The Morgan fingerprint density at radius 3 is 2.83 bits per heavy atom. The van der Waals surface area contributed by atoms with Crippen molar-refractivity contribution in [2.75, 3.05) is 31.5 Å². The molecular weight excluding hydrogens is 312 g/mol. The molecule has 2 aromatic rings. The molecule has 2 aromatic heterocycles. The highest BCUT2D eigenvalue weighted by atomic mass is 32.1. The van der Waals surface area contributed by atoms with E-state index >= 15 is 0 Å². The first kappa shape index (κ1) is 16.2. The lowest BCUT2D eigenvalue weighted by atomic mass is 9.96. The molecule has 1 fully saturated rings. The fourth-order valence-corrected chi connectivity index (χ4v) is 4.06. The first-order chi connectivity index (χ1) is 11.0. The largest absolute Gasteiger partial charge is 0.369 e. The number of carbonyl (C=O) groups is 1. The number of hydrogen-bond acceptors (Lipinski definition) is 6. The van der Waals surface area contributed by atoms with E-state index in [1.807, 2.05) is 18.7 Å². The van der Waals surface area contributed by atoms with E-state index in [2.05, 4.69) is 20.3 Å². The highest BCUT2D eigenvalue weighted by Gasteiger charge is 2.22. The van der Waals surface area contributed by atoms with E-state index in [1.54, 1.807) is 11.3 Å². The van der Waals surface area contributed by atoms with Gasteiger partial charge in [-0.3, -0.25) is 4.79 Å². The van der Waals surface area contributed by atoms with Gasteiger partial charge in [0.25, 0.3) is 0 Å². The van der Waals surface area contributed by atoms with E-state index in [1.165, 1.54) is 0 Å². The lowest BCUT2D eigenvalue weighted by Gasteiger charge is -2.30. The summed E-state index contributed by atoms with van der Waals surface area (Å²) in [5.41, 5.74) is 7.34.